The number of hydrogen-bond donors (Lipinski definition) is 0. The molecule has 8 atom stereocenters. The highest BCUT2D eigenvalue weighted by Crippen LogP contribution is 2.59. The number of hydrogen-bond acceptors (Lipinski definition) is 2. The normalized spacial score (nSPS) is 60.7. The van der Waals surface area contributed by atoms with E-state index in [1.807, 2.05) is 0 Å². The number of nitrogens with zero attached hydrogens (tertiary/aromatic N) is 2. The number of allylic oxidation sites excluding steroid dienone is 3. The smallest absolute Gasteiger partial charge is 0.0811 e. The molecule has 0 aromatic heterocycles. The molecule has 0 saturated heterocycles. The molecule has 7 rings (SSSR count). The van der Waals surface area contributed by atoms with Gasteiger partial charge in [-0.15, -0.1) is 0 Å². The molecular weight excluding hydrogens is 208 g/mol. The van der Waals surface area contributed by atoms with Crippen molar-refractivity contribution in [2.24, 2.45) is 45.7 Å². The molecule has 0 amide bonds. The molecular formula is C15H18N2. The second-order valence-corrected chi connectivity index (χ2v) is 6.56. The fourth-order valence-electron chi connectivity index (χ4n) is 5.48. The quantitative estimate of drug-likeness (QED) is 0.567. The number of azo groups is 1. The maximum Gasteiger partial charge on any atom is 0.0811 e. The van der Waals surface area contributed by atoms with E-state index in [1.165, 1.54) is 19.3 Å². The molecule has 0 N–H and O–H groups in total. The lowest BCUT2D eigenvalue weighted by Gasteiger charge is -2.57. The van der Waals surface area contributed by atoms with Gasteiger partial charge in [-0.2, -0.15) is 10.2 Å². The molecule has 0 spiro atoms. The molecule has 2 fully saturated rings. The van der Waals surface area contributed by atoms with Crippen molar-refractivity contribution in [1.29, 1.82) is 0 Å². The minimum Gasteiger partial charge on any atom is -0.190 e. The predicted molar refractivity (Wildman–Crippen MR) is 65.5 cm³/mol. The minimum atomic E-state index is 0.520. The minimum absolute atomic E-state index is 0.520. The van der Waals surface area contributed by atoms with Gasteiger partial charge in [-0.3, -0.25) is 0 Å². The van der Waals surface area contributed by atoms with Gasteiger partial charge in [0.15, 0.2) is 0 Å². The maximum atomic E-state index is 4.69. The van der Waals surface area contributed by atoms with Crippen LogP contribution in [0.2, 0.25) is 0 Å². The van der Waals surface area contributed by atoms with Crippen LogP contribution in [0.3, 0.4) is 0 Å². The van der Waals surface area contributed by atoms with Gasteiger partial charge in [0.1, 0.15) is 0 Å². The lowest BCUT2D eigenvalue weighted by molar-refractivity contribution is -0.0271. The van der Waals surface area contributed by atoms with Crippen LogP contribution >= 0.6 is 0 Å². The third kappa shape index (κ3) is 0.951. The van der Waals surface area contributed by atoms with Crippen LogP contribution in [-0.2, 0) is 0 Å². The van der Waals surface area contributed by atoms with Gasteiger partial charge >= 0.3 is 0 Å². The Bertz CT molecular complexity index is 450. The van der Waals surface area contributed by atoms with Crippen molar-refractivity contribution >= 4 is 0 Å². The highest BCUT2D eigenvalue weighted by atomic mass is 15.2. The van der Waals surface area contributed by atoms with Crippen LogP contribution in [0.25, 0.3) is 0 Å². The molecule has 5 aliphatic carbocycles. The van der Waals surface area contributed by atoms with E-state index in [0.29, 0.717) is 12.1 Å². The molecule has 0 aromatic rings. The average molecular weight is 226 g/mol. The molecule has 0 radical (unpaired) electrons. The zero-order valence-electron chi connectivity index (χ0n) is 9.94. The monoisotopic (exact) mass is 226 g/mol. The SMILES string of the molecule is C1=CC2C(C1)C1N=NC2C2C3C=CC(CC3)C12. The van der Waals surface area contributed by atoms with E-state index in [4.69, 9.17) is 5.11 Å². The Morgan fingerprint density at radius 1 is 0.824 bits per heavy atom. The van der Waals surface area contributed by atoms with E-state index < -0.39 is 0 Å². The number of fused-ring (bicyclic) bond motifs is 1. The molecule has 2 heterocycles. The van der Waals surface area contributed by atoms with Crippen molar-refractivity contribution in [3.05, 3.63) is 24.3 Å². The first-order chi connectivity index (χ1) is 8.43. The van der Waals surface area contributed by atoms with Crippen molar-refractivity contribution in [2.75, 3.05) is 0 Å². The summed E-state index contributed by atoms with van der Waals surface area (Å²) in [5.41, 5.74) is 0. The zero-order valence-corrected chi connectivity index (χ0v) is 9.94. The van der Waals surface area contributed by atoms with Gasteiger partial charge in [-0.25, -0.2) is 0 Å². The lowest BCUT2D eigenvalue weighted by atomic mass is 9.50. The first-order valence-electron chi connectivity index (χ1n) is 7.18. The van der Waals surface area contributed by atoms with E-state index in [1.54, 1.807) is 0 Å². The third-order valence-electron chi connectivity index (χ3n) is 6.09. The molecule has 4 bridgehead atoms. The Labute approximate surface area is 102 Å². The van der Waals surface area contributed by atoms with Crippen LogP contribution in [-0.4, -0.2) is 12.1 Å². The second kappa shape index (κ2) is 2.90. The summed E-state index contributed by atoms with van der Waals surface area (Å²) in [6, 6.07) is 1.06. The maximum absolute atomic E-state index is 4.69. The Balaban J connectivity index is 1.66. The number of rotatable bonds is 0. The highest BCUT2D eigenvalue weighted by Gasteiger charge is 2.59. The average Bonchev–Trinajstić information content (AvgIpc) is 2.91. The van der Waals surface area contributed by atoms with Gasteiger partial charge < -0.3 is 0 Å². The lowest BCUT2D eigenvalue weighted by Crippen LogP contribution is -2.59. The first-order valence-corrected chi connectivity index (χ1v) is 7.18. The van der Waals surface area contributed by atoms with Crippen LogP contribution < -0.4 is 0 Å². The van der Waals surface area contributed by atoms with Crippen LogP contribution in [0.4, 0.5) is 0 Å². The summed E-state index contributed by atoms with van der Waals surface area (Å²) in [7, 11) is 0. The van der Waals surface area contributed by atoms with Gasteiger partial charge in [0.25, 0.3) is 0 Å². The molecule has 17 heavy (non-hydrogen) atoms. The van der Waals surface area contributed by atoms with Gasteiger partial charge in [0.05, 0.1) is 12.1 Å². The van der Waals surface area contributed by atoms with Gasteiger partial charge in [0.2, 0.25) is 0 Å². The predicted octanol–water partition coefficient (Wildman–Crippen LogP) is 3.22. The first kappa shape index (κ1) is 9.07. The van der Waals surface area contributed by atoms with Crippen molar-refractivity contribution in [3.8, 4) is 0 Å². The molecule has 7 aliphatic rings. The Kier molecular flexibility index (Phi) is 1.55. The Hall–Kier alpha value is -0.920. The second-order valence-electron chi connectivity index (χ2n) is 6.56. The van der Waals surface area contributed by atoms with Crippen molar-refractivity contribution in [2.45, 2.75) is 31.3 Å². The largest absolute Gasteiger partial charge is 0.190 e. The fourth-order valence-corrected chi connectivity index (χ4v) is 5.48. The van der Waals surface area contributed by atoms with Crippen molar-refractivity contribution < 1.29 is 0 Å². The molecule has 88 valence electrons. The van der Waals surface area contributed by atoms with E-state index in [9.17, 15) is 0 Å². The van der Waals surface area contributed by atoms with Crippen LogP contribution in [0.1, 0.15) is 19.3 Å². The molecule has 0 aromatic carbocycles. The zero-order chi connectivity index (χ0) is 11.0. The van der Waals surface area contributed by atoms with Crippen LogP contribution in [0, 0.1) is 35.5 Å². The molecule has 2 nitrogen and oxygen atoms in total. The van der Waals surface area contributed by atoms with E-state index in [0.717, 1.165) is 35.5 Å². The van der Waals surface area contributed by atoms with E-state index in [-0.39, 0.29) is 0 Å². The summed E-state index contributed by atoms with van der Waals surface area (Å²) in [6.45, 7) is 0. The Morgan fingerprint density at radius 2 is 1.53 bits per heavy atom. The van der Waals surface area contributed by atoms with Gasteiger partial charge in [-0.05, 0) is 48.9 Å². The molecule has 2 heteroatoms. The molecule has 8 unspecified atom stereocenters. The Morgan fingerprint density at radius 3 is 2.29 bits per heavy atom. The molecule has 2 saturated carbocycles. The molecule has 2 aliphatic heterocycles. The summed E-state index contributed by atoms with van der Waals surface area (Å²) in [5.74, 6) is 4.82. The van der Waals surface area contributed by atoms with Crippen LogP contribution in [0.5, 0.6) is 0 Å². The summed E-state index contributed by atoms with van der Waals surface area (Å²) in [4.78, 5) is 0. The van der Waals surface area contributed by atoms with Crippen molar-refractivity contribution in [1.82, 2.24) is 0 Å². The summed E-state index contributed by atoms with van der Waals surface area (Å²) in [5, 5.41) is 9.38. The van der Waals surface area contributed by atoms with Gasteiger partial charge in [-0.1, -0.05) is 24.3 Å². The van der Waals surface area contributed by atoms with E-state index in [2.05, 4.69) is 29.4 Å². The standard InChI is InChI=1S/C15H18N2/c1-2-10-11(3-1)15-13-9-6-4-8(5-7-9)12(13)14(10)16-17-15/h1-2,4,6,8-15H,3,5,7H2. The third-order valence-corrected chi connectivity index (χ3v) is 6.09. The summed E-state index contributed by atoms with van der Waals surface area (Å²) < 4.78 is 0. The van der Waals surface area contributed by atoms with E-state index >= 15 is 0 Å². The topological polar surface area (TPSA) is 24.7 Å². The highest BCUT2D eigenvalue weighted by molar-refractivity contribution is 5.24. The van der Waals surface area contributed by atoms with Crippen LogP contribution in [0.15, 0.2) is 34.5 Å². The fraction of sp³-hybridized carbons (Fsp3) is 0.733. The summed E-state index contributed by atoms with van der Waals surface area (Å²) >= 11 is 0. The summed E-state index contributed by atoms with van der Waals surface area (Å²) in [6.07, 6.45) is 13.9. The van der Waals surface area contributed by atoms with Gasteiger partial charge in [0, 0.05) is 5.92 Å². The van der Waals surface area contributed by atoms with Crippen molar-refractivity contribution in [3.63, 3.8) is 0 Å².